The number of hydrogen-bond donors (Lipinski definition) is 2. The van der Waals surface area contributed by atoms with Gasteiger partial charge in [0.05, 0.1) is 5.69 Å². The number of aromatic carboxylic acids is 1. The van der Waals surface area contributed by atoms with Crippen molar-refractivity contribution in [3.8, 4) is 5.95 Å². The van der Waals surface area contributed by atoms with Crippen LogP contribution in [-0.2, 0) is 0 Å². The fourth-order valence-electron chi connectivity index (χ4n) is 1.76. The van der Waals surface area contributed by atoms with E-state index >= 15 is 0 Å². The van der Waals surface area contributed by atoms with Crippen LogP contribution in [0.5, 0.6) is 0 Å². The van der Waals surface area contributed by atoms with E-state index in [0.29, 0.717) is 5.52 Å². The van der Waals surface area contributed by atoms with Gasteiger partial charge in [0.15, 0.2) is 5.69 Å². The van der Waals surface area contributed by atoms with Gasteiger partial charge in [0.1, 0.15) is 5.52 Å². The molecular weight excluding hydrogens is 252 g/mol. The van der Waals surface area contributed by atoms with Gasteiger partial charge in [-0.2, -0.15) is 4.68 Å². The van der Waals surface area contributed by atoms with E-state index in [1.807, 2.05) is 0 Å². The van der Waals surface area contributed by atoms with Gasteiger partial charge >= 0.3 is 5.97 Å². The molecule has 3 aromatic rings. The van der Waals surface area contributed by atoms with E-state index in [4.69, 9.17) is 5.11 Å². The number of fused-ring (bicyclic) bond motifs is 1. The molecule has 3 rings (SSSR count). The maximum absolute atomic E-state index is 11.8. The first-order valence-electron chi connectivity index (χ1n) is 5.31. The molecule has 0 amide bonds. The molecule has 0 aromatic carbocycles. The highest BCUT2D eigenvalue weighted by Crippen LogP contribution is 2.07. The Bertz CT molecular complexity index is 842. The SMILES string of the molecule is Cc1c(C(=O)O)nnn1-c1nn2cccc2c(=O)[nH]1. The fraction of sp³-hybridized carbons (Fsp3) is 0.100. The first kappa shape index (κ1) is 11.1. The predicted octanol–water partition coefficient (Wildman–Crippen LogP) is -0.390. The molecular formula is C10H8N6O3. The summed E-state index contributed by atoms with van der Waals surface area (Å²) < 4.78 is 2.56. The highest BCUT2D eigenvalue weighted by atomic mass is 16.4. The highest BCUT2D eigenvalue weighted by molar-refractivity contribution is 5.86. The summed E-state index contributed by atoms with van der Waals surface area (Å²) >= 11 is 0. The molecule has 3 aromatic heterocycles. The largest absolute Gasteiger partial charge is 0.476 e. The lowest BCUT2D eigenvalue weighted by molar-refractivity contribution is 0.0689. The van der Waals surface area contributed by atoms with Gasteiger partial charge in [-0.15, -0.1) is 10.2 Å². The normalized spacial score (nSPS) is 11.0. The smallest absolute Gasteiger partial charge is 0.358 e. The van der Waals surface area contributed by atoms with Crippen molar-refractivity contribution in [1.82, 2.24) is 29.6 Å². The Morgan fingerprint density at radius 1 is 1.47 bits per heavy atom. The minimum absolute atomic E-state index is 0.103. The van der Waals surface area contributed by atoms with Gasteiger partial charge in [-0.25, -0.2) is 9.31 Å². The van der Waals surface area contributed by atoms with Crippen LogP contribution in [0.2, 0.25) is 0 Å². The highest BCUT2D eigenvalue weighted by Gasteiger charge is 2.17. The molecule has 0 aliphatic rings. The Labute approximate surface area is 105 Å². The lowest BCUT2D eigenvalue weighted by Gasteiger charge is -2.02. The average Bonchev–Trinajstić information content (AvgIpc) is 2.94. The van der Waals surface area contributed by atoms with Crippen molar-refractivity contribution in [1.29, 1.82) is 0 Å². The number of aromatic nitrogens is 6. The standard InChI is InChI=1S/C10H8N6O3/c1-5-7(9(18)19)12-14-16(5)10-11-8(17)6-3-2-4-15(6)13-10/h2-4H,1H3,(H,18,19)(H,11,13,17). The number of nitrogens with zero attached hydrogens (tertiary/aromatic N) is 5. The molecule has 0 aliphatic heterocycles. The summed E-state index contributed by atoms with van der Waals surface area (Å²) in [7, 11) is 0. The van der Waals surface area contributed by atoms with Gasteiger partial charge in [-0.3, -0.25) is 9.78 Å². The number of hydrogen-bond acceptors (Lipinski definition) is 5. The topological polar surface area (TPSA) is 118 Å². The van der Waals surface area contributed by atoms with Crippen molar-refractivity contribution in [3.63, 3.8) is 0 Å². The Morgan fingerprint density at radius 3 is 2.95 bits per heavy atom. The van der Waals surface area contributed by atoms with Crippen molar-refractivity contribution in [3.05, 3.63) is 40.1 Å². The quantitative estimate of drug-likeness (QED) is 0.647. The molecule has 3 heterocycles. The van der Waals surface area contributed by atoms with Crippen molar-refractivity contribution in [2.24, 2.45) is 0 Å². The van der Waals surface area contributed by atoms with E-state index in [-0.39, 0.29) is 22.9 Å². The zero-order valence-corrected chi connectivity index (χ0v) is 9.73. The third-order valence-corrected chi connectivity index (χ3v) is 2.69. The number of rotatable bonds is 2. The Hall–Kier alpha value is -2.97. The van der Waals surface area contributed by atoms with E-state index in [1.54, 1.807) is 18.3 Å². The minimum atomic E-state index is -1.19. The maximum Gasteiger partial charge on any atom is 0.358 e. The van der Waals surface area contributed by atoms with E-state index in [2.05, 4.69) is 20.4 Å². The molecule has 9 nitrogen and oxygen atoms in total. The molecule has 9 heteroatoms. The molecule has 0 radical (unpaired) electrons. The molecule has 0 atom stereocenters. The van der Waals surface area contributed by atoms with Gasteiger partial charge in [0, 0.05) is 6.20 Å². The van der Waals surface area contributed by atoms with Crippen LogP contribution in [0.25, 0.3) is 11.5 Å². The number of nitrogens with one attached hydrogen (secondary N) is 1. The van der Waals surface area contributed by atoms with Crippen LogP contribution in [-0.4, -0.2) is 40.7 Å². The van der Waals surface area contributed by atoms with Gasteiger partial charge in [-0.1, -0.05) is 5.21 Å². The van der Waals surface area contributed by atoms with Crippen molar-refractivity contribution in [2.45, 2.75) is 6.92 Å². The first-order chi connectivity index (χ1) is 9.08. The van der Waals surface area contributed by atoms with Crippen LogP contribution >= 0.6 is 0 Å². The summed E-state index contributed by atoms with van der Waals surface area (Å²) in [5, 5.41) is 20.2. The summed E-state index contributed by atoms with van der Waals surface area (Å²) in [4.78, 5) is 25.2. The van der Waals surface area contributed by atoms with Gasteiger partial charge in [0.25, 0.3) is 11.5 Å². The summed E-state index contributed by atoms with van der Waals surface area (Å²) in [6.07, 6.45) is 1.61. The van der Waals surface area contributed by atoms with Gasteiger partial charge < -0.3 is 5.11 Å². The van der Waals surface area contributed by atoms with Crippen LogP contribution in [0.15, 0.2) is 23.1 Å². The Balaban J connectivity index is 2.24. The zero-order chi connectivity index (χ0) is 13.6. The van der Waals surface area contributed by atoms with Gasteiger partial charge in [-0.05, 0) is 19.1 Å². The molecule has 0 fully saturated rings. The second-order valence-corrected chi connectivity index (χ2v) is 3.86. The molecule has 0 bridgehead atoms. The summed E-state index contributed by atoms with van der Waals surface area (Å²) in [5.74, 6) is -1.08. The van der Waals surface area contributed by atoms with E-state index in [9.17, 15) is 9.59 Å². The summed E-state index contributed by atoms with van der Waals surface area (Å²) in [6.45, 7) is 1.53. The Kier molecular flexibility index (Phi) is 2.21. The van der Waals surface area contributed by atoms with Crippen molar-refractivity contribution >= 4 is 11.5 Å². The number of carbonyl (C=O) groups is 1. The minimum Gasteiger partial charge on any atom is -0.476 e. The number of carboxylic acids is 1. The molecule has 0 aliphatic carbocycles. The molecule has 19 heavy (non-hydrogen) atoms. The third kappa shape index (κ3) is 1.59. The molecule has 0 saturated carbocycles. The van der Waals surface area contributed by atoms with Crippen molar-refractivity contribution in [2.75, 3.05) is 0 Å². The van der Waals surface area contributed by atoms with Crippen LogP contribution in [0.1, 0.15) is 16.2 Å². The zero-order valence-electron chi connectivity index (χ0n) is 9.73. The predicted molar refractivity (Wildman–Crippen MR) is 62.4 cm³/mol. The first-order valence-corrected chi connectivity index (χ1v) is 5.31. The third-order valence-electron chi connectivity index (χ3n) is 2.69. The summed E-state index contributed by atoms with van der Waals surface area (Å²) in [5.41, 5.74) is 0.138. The lowest BCUT2D eigenvalue weighted by Crippen LogP contribution is -2.18. The molecule has 2 N–H and O–H groups in total. The second kappa shape index (κ2) is 3.77. The van der Waals surface area contributed by atoms with Gasteiger partial charge in [0.2, 0.25) is 0 Å². The van der Waals surface area contributed by atoms with Crippen molar-refractivity contribution < 1.29 is 9.90 Å². The number of aromatic amines is 1. The van der Waals surface area contributed by atoms with Crippen LogP contribution in [0.4, 0.5) is 0 Å². The Morgan fingerprint density at radius 2 is 2.26 bits per heavy atom. The number of H-pyrrole nitrogens is 1. The second-order valence-electron chi connectivity index (χ2n) is 3.86. The molecule has 96 valence electrons. The number of carboxylic acid groups (broad SMARTS) is 1. The molecule has 0 spiro atoms. The lowest BCUT2D eigenvalue weighted by atomic mass is 10.3. The van der Waals surface area contributed by atoms with Crippen LogP contribution < -0.4 is 5.56 Å². The summed E-state index contributed by atoms with van der Waals surface area (Å²) in [6, 6.07) is 3.30. The van der Waals surface area contributed by atoms with E-state index in [1.165, 1.54) is 16.1 Å². The average molecular weight is 260 g/mol. The maximum atomic E-state index is 11.8. The molecule has 0 saturated heterocycles. The van der Waals surface area contributed by atoms with E-state index in [0.717, 1.165) is 0 Å². The van der Waals surface area contributed by atoms with E-state index < -0.39 is 5.97 Å². The van der Waals surface area contributed by atoms with Crippen LogP contribution in [0.3, 0.4) is 0 Å². The monoisotopic (exact) mass is 260 g/mol. The van der Waals surface area contributed by atoms with Crippen LogP contribution in [0, 0.1) is 6.92 Å². The molecule has 0 unspecified atom stereocenters. The fourth-order valence-corrected chi connectivity index (χ4v) is 1.76.